The zero-order valence-electron chi connectivity index (χ0n) is 18.8. The van der Waals surface area contributed by atoms with Crippen LogP contribution in [0, 0.1) is 0 Å². The highest BCUT2D eigenvalue weighted by molar-refractivity contribution is 5.66. The van der Waals surface area contributed by atoms with E-state index in [0.717, 1.165) is 19.3 Å². The molecule has 0 bridgehead atoms. The van der Waals surface area contributed by atoms with E-state index in [4.69, 9.17) is 10.2 Å². The van der Waals surface area contributed by atoms with Crippen LogP contribution in [-0.2, 0) is 4.79 Å². The molecule has 0 unspecified atom stereocenters. The van der Waals surface area contributed by atoms with E-state index in [2.05, 4.69) is 0 Å². The Balaban J connectivity index is 2.99. The second-order valence-corrected chi connectivity index (χ2v) is 8.65. The molecule has 0 aliphatic carbocycles. The van der Waals surface area contributed by atoms with Gasteiger partial charge in [0, 0.05) is 13.0 Å². The number of aliphatic hydroxyl groups is 1. The molecule has 28 heavy (non-hydrogen) atoms. The normalized spacial score (nSPS) is 11.2. The molecule has 0 aromatic heterocycles. The molecule has 0 saturated heterocycles. The van der Waals surface area contributed by atoms with Gasteiger partial charge in [0.2, 0.25) is 0 Å². The number of aliphatic carboxylic acids is 1. The second-order valence-electron chi connectivity index (χ2n) is 8.65. The molecule has 2 N–H and O–H groups in total. The summed E-state index contributed by atoms with van der Waals surface area (Å²) in [5, 5.41) is 17.3. The minimum absolute atomic E-state index is 0.340. The lowest BCUT2D eigenvalue weighted by atomic mass is 10.0. The summed E-state index contributed by atoms with van der Waals surface area (Å²) in [6.45, 7) is 0.360. The molecular formula is C25H50O3. The third-order valence-electron chi connectivity index (χ3n) is 5.80. The number of unbranched alkanes of at least 4 members (excludes halogenated alkanes) is 21. The van der Waals surface area contributed by atoms with E-state index in [1.54, 1.807) is 0 Å². The van der Waals surface area contributed by atoms with Crippen LogP contribution in [-0.4, -0.2) is 22.8 Å². The Kier molecular flexibility index (Phi) is 24.0. The summed E-state index contributed by atoms with van der Waals surface area (Å²) in [6.07, 6.45) is 29.2. The zero-order chi connectivity index (χ0) is 20.5. The summed E-state index contributed by atoms with van der Waals surface area (Å²) in [6, 6.07) is 0. The molecule has 3 heteroatoms. The van der Waals surface area contributed by atoms with Crippen LogP contribution in [0.4, 0.5) is 0 Å². The summed E-state index contributed by atoms with van der Waals surface area (Å²) >= 11 is 0. The summed E-state index contributed by atoms with van der Waals surface area (Å²) in [4.78, 5) is 10.4. The van der Waals surface area contributed by atoms with Crippen molar-refractivity contribution >= 4 is 5.97 Å². The van der Waals surface area contributed by atoms with Gasteiger partial charge in [-0.25, -0.2) is 0 Å². The summed E-state index contributed by atoms with van der Waals surface area (Å²) in [5.74, 6) is -0.655. The molecule has 0 heterocycles. The van der Waals surface area contributed by atoms with Crippen LogP contribution < -0.4 is 0 Å². The Hall–Kier alpha value is -0.570. The molecule has 0 rings (SSSR count). The third-order valence-corrected chi connectivity index (χ3v) is 5.80. The molecule has 0 spiro atoms. The average Bonchev–Trinajstić information content (AvgIpc) is 2.68. The van der Waals surface area contributed by atoms with Crippen molar-refractivity contribution in [2.75, 3.05) is 6.61 Å². The van der Waals surface area contributed by atoms with Crippen molar-refractivity contribution < 1.29 is 15.0 Å². The molecule has 0 atom stereocenters. The summed E-state index contributed by atoms with van der Waals surface area (Å²) in [7, 11) is 0. The number of rotatable bonds is 24. The highest BCUT2D eigenvalue weighted by atomic mass is 16.4. The summed E-state index contributed by atoms with van der Waals surface area (Å²) in [5.41, 5.74) is 0. The van der Waals surface area contributed by atoms with Gasteiger partial charge in [0.05, 0.1) is 0 Å². The summed E-state index contributed by atoms with van der Waals surface area (Å²) < 4.78 is 0. The predicted octanol–water partition coefficient (Wildman–Crippen LogP) is 8.04. The third kappa shape index (κ3) is 25.4. The van der Waals surface area contributed by atoms with Crippen molar-refractivity contribution in [3.63, 3.8) is 0 Å². The first-order chi connectivity index (χ1) is 13.8. The van der Waals surface area contributed by atoms with Crippen molar-refractivity contribution in [2.45, 2.75) is 148 Å². The van der Waals surface area contributed by atoms with Crippen LogP contribution in [0.1, 0.15) is 148 Å². The van der Waals surface area contributed by atoms with Crippen LogP contribution in [0.3, 0.4) is 0 Å². The molecule has 0 aliphatic heterocycles. The number of carbonyl (C=O) groups is 1. The van der Waals surface area contributed by atoms with E-state index in [-0.39, 0.29) is 0 Å². The van der Waals surface area contributed by atoms with Crippen LogP contribution in [0.5, 0.6) is 0 Å². The van der Waals surface area contributed by atoms with Crippen LogP contribution in [0.15, 0.2) is 0 Å². The van der Waals surface area contributed by atoms with Crippen molar-refractivity contribution in [1.82, 2.24) is 0 Å². The van der Waals surface area contributed by atoms with Gasteiger partial charge in [-0.05, 0) is 12.8 Å². The Labute approximate surface area is 175 Å². The molecule has 0 aromatic carbocycles. The number of aliphatic hydroxyl groups excluding tert-OH is 1. The predicted molar refractivity (Wildman–Crippen MR) is 121 cm³/mol. The maximum Gasteiger partial charge on any atom is 0.303 e. The van der Waals surface area contributed by atoms with Gasteiger partial charge in [0.1, 0.15) is 0 Å². The standard InChI is InChI=1S/C25H50O3/c26-24-22-20-18-16-14-12-10-8-6-4-2-1-3-5-7-9-11-13-15-17-19-21-23-25(27)28/h26H,1-24H2,(H,27,28). The van der Waals surface area contributed by atoms with Gasteiger partial charge in [-0.3, -0.25) is 4.79 Å². The SMILES string of the molecule is O=C(O)CCCCCCCCCCCCCCCCCCCCCCCCO. The van der Waals surface area contributed by atoms with E-state index in [9.17, 15) is 4.79 Å². The zero-order valence-corrected chi connectivity index (χ0v) is 18.8. The van der Waals surface area contributed by atoms with Crippen molar-refractivity contribution in [3.05, 3.63) is 0 Å². The highest BCUT2D eigenvalue weighted by Gasteiger charge is 1.97. The number of carboxylic acids is 1. The Morgan fingerprint density at radius 1 is 0.393 bits per heavy atom. The lowest BCUT2D eigenvalue weighted by Crippen LogP contribution is -1.93. The molecular weight excluding hydrogens is 348 g/mol. The Bertz CT molecular complexity index is 304. The van der Waals surface area contributed by atoms with E-state index in [0.29, 0.717) is 13.0 Å². The van der Waals surface area contributed by atoms with Gasteiger partial charge < -0.3 is 10.2 Å². The van der Waals surface area contributed by atoms with Gasteiger partial charge in [0.15, 0.2) is 0 Å². The smallest absolute Gasteiger partial charge is 0.303 e. The fourth-order valence-electron chi connectivity index (χ4n) is 3.92. The van der Waals surface area contributed by atoms with Crippen molar-refractivity contribution in [1.29, 1.82) is 0 Å². The average molecular weight is 399 g/mol. The molecule has 0 amide bonds. The van der Waals surface area contributed by atoms with Gasteiger partial charge in [0.25, 0.3) is 0 Å². The van der Waals surface area contributed by atoms with Gasteiger partial charge in [-0.15, -0.1) is 0 Å². The van der Waals surface area contributed by atoms with Crippen molar-refractivity contribution in [3.8, 4) is 0 Å². The first-order valence-electron chi connectivity index (χ1n) is 12.6. The lowest BCUT2D eigenvalue weighted by molar-refractivity contribution is -0.137. The fourth-order valence-corrected chi connectivity index (χ4v) is 3.92. The Morgan fingerprint density at radius 2 is 0.607 bits per heavy atom. The first kappa shape index (κ1) is 27.4. The van der Waals surface area contributed by atoms with E-state index < -0.39 is 5.97 Å². The quantitative estimate of drug-likeness (QED) is 0.162. The number of carboxylic acid groups (broad SMARTS) is 1. The lowest BCUT2D eigenvalue weighted by Gasteiger charge is -2.04. The fraction of sp³-hybridized carbons (Fsp3) is 0.960. The second kappa shape index (κ2) is 24.5. The minimum Gasteiger partial charge on any atom is -0.481 e. The van der Waals surface area contributed by atoms with E-state index in [1.165, 1.54) is 122 Å². The highest BCUT2D eigenvalue weighted by Crippen LogP contribution is 2.15. The molecule has 0 aromatic rings. The van der Waals surface area contributed by atoms with Gasteiger partial charge in [-0.1, -0.05) is 128 Å². The number of hydrogen-bond donors (Lipinski definition) is 2. The van der Waals surface area contributed by atoms with Crippen LogP contribution in [0.25, 0.3) is 0 Å². The Morgan fingerprint density at radius 3 is 0.821 bits per heavy atom. The van der Waals surface area contributed by atoms with Crippen LogP contribution in [0.2, 0.25) is 0 Å². The van der Waals surface area contributed by atoms with E-state index >= 15 is 0 Å². The van der Waals surface area contributed by atoms with Crippen LogP contribution >= 0.6 is 0 Å². The van der Waals surface area contributed by atoms with E-state index in [1.807, 2.05) is 0 Å². The van der Waals surface area contributed by atoms with Gasteiger partial charge in [-0.2, -0.15) is 0 Å². The molecule has 0 aliphatic rings. The largest absolute Gasteiger partial charge is 0.481 e. The number of hydrogen-bond acceptors (Lipinski definition) is 2. The minimum atomic E-state index is -0.655. The first-order valence-corrected chi connectivity index (χ1v) is 12.6. The molecule has 0 fully saturated rings. The monoisotopic (exact) mass is 398 g/mol. The van der Waals surface area contributed by atoms with Crippen molar-refractivity contribution in [2.24, 2.45) is 0 Å². The molecule has 168 valence electrons. The molecule has 0 saturated carbocycles. The molecule has 3 nitrogen and oxygen atoms in total. The van der Waals surface area contributed by atoms with Gasteiger partial charge >= 0.3 is 5.97 Å². The molecule has 0 radical (unpaired) electrons. The maximum absolute atomic E-state index is 10.4. The maximum atomic E-state index is 10.4. The topological polar surface area (TPSA) is 57.5 Å².